The smallest absolute Gasteiger partial charge is 0.243 e. The highest BCUT2D eigenvalue weighted by Gasteiger charge is 2.46. The van der Waals surface area contributed by atoms with Gasteiger partial charge in [-0.15, -0.1) is 22.7 Å². The molecular weight excluding hydrogens is 1760 g/mol. The fraction of sp³-hybridized carbons (Fsp3) is 0.506. The van der Waals surface area contributed by atoms with E-state index in [-0.39, 0.29) is 132 Å². The average molecular weight is 1880 g/mol. The molecule has 37 heteroatoms. The van der Waals surface area contributed by atoms with Crippen LogP contribution >= 0.6 is 45.3 Å². The van der Waals surface area contributed by atoms with Crippen molar-refractivity contribution in [2.45, 2.75) is 136 Å². The van der Waals surface area contributed by atoms with Crippen molar-refractivity contribution >= 4 is 97.9 Å². The number of aliphatic hydroxyl groups is 2. The van der Waals surface area contributed by atoms with Crippen molar-refractivity contribution in [3.63, 3.8) is 0 Å². The topological polar surface area (TPSA) is 407 Å². The maximum Gasteiger partial charge on any atom is 0.243 e. The number of benzene rings is 4. The molecule has 6 amide bonds. The van der Waals surface area contributed by atoms with Gasteiger partial charge in [0.1, 0.15) is 47.9 Å². The molecule has 8 aromatic rings. The van der Waals surface area contributed by atoms with Crippen molar-refractivity contribution in [2.75, 3.05) is 144 Å². The lowest BCUT2D eigenvalue weighted by molar-refractivity contribution is -0.141. The van der Waals surface area contributed by atoms with Gasteiger partial charge in [0.15, 0.2) is 17.4 Å². The lowest BCUT2D eigenvalue weighted by Gasteiger charge is -2.30. The third-order valence-electron chi connectivity index (χ3n) is 20.3. The van der Waals surface area contributed by atoms with Gasteiger partial charge in [-0.1, -0.05) is 86.5 Å². The molecule has 674 valence electrons. The number of hydrogen-bond donors (Lipinski definition) is 9. The molecule has 2 aliphatic heterocycles. The molecule has 0 spiro atoms. The fourth-order valence-corrected chi connectivity index (χ4v) is 16.2. The molecule has 6 heterocycles. The van der Waals surface area contributed by atoms with Gasteiger partial charge in [-0.2, -0.15) is 0 Å². The molecule has 124 heavy (non-hydrogen) atoms. The van der Waals surface area contributed by atoms with Gasteiger partial charge in [0.25, 0.3) is 0 Å². The van der Waals surface area contributed by atoms with E-state index < -0.39 is 88.9 Å². The van der Waals surface area contributed by atoms with Gasteiger partial charge in [0, 0.05) is 80.0 Å². The first-order valence-electron chi connectivity index (χ1n) is 41.4. The van der Waals surface area contributed by atoms with Crippen molar-refractivity contribution in [3.8, 4) is 20.9 Å². The van der Waals surface area contributed by atoms with E-state index in [0.717, 1.165) is 50.0 Å². The van der Waals surface area contributed by atoms with Crippen molar-refractivity contribution in [3.05, 3.63) is 174 Å². The van der Waals surface area contributed by atoms with Gasteiger partial charge in [-0.25, -0.2) is 23.1 Å². The molecule has 0 saturated carbocycles. The number of halogens is 4. The summed E-state index contributed by atoms with van der Waals surface area (Å²) in [5.41, 5.74) is 14.6. The SMILES string of the molecule is Cc1cc([C@H](C(=O)N2C[C@H](O)C[C@H]2C(=O)N[C@@H](CC(=O)NCCOCCOCCOCCN)c2ccc(-c3scnc3C)cc2)C(C)C)on1.Cc1cc([C@H](C(=O)N2C[C@H](O)C[C@H]2C(=O)N[C@@H](CC(=O)NCCOCCOCCOCCNCCCOCC(=O)c2ccc(F)c(F)c2Nc2ccc(I)cc2F)c2ccc(-c3scnc3C)cc2)C(C)C)on1. The summed E-state index contributed by atoms with van der Waals surface area (Å²) in [5.74, 6) is -6.87. The molecule has 0 bridgehead atoms. The molecule has 0 aliphatic carbocycles. The molecule has 2 saturated heterocycles. The highest BCUT2D eigenvalue weighted by atomic mass is 127. The van der Waals surface area contributed by atoms with Gasteiger partial charge in [-0.3, -0.25) is 33.6 Å². The van der Waals surface area contributed by atoms with E-state index in [0.29, 0.717) is 118 Å². The molecule has 31 nitrogen and oxygen atoms in total. The Kier molecular flexibility index (Phi) is 40.5. The van der Waals surface area contributed by atoms with Crippen LogP contribution < -0.4 is 37.6 Å². The number of aryl methyl sites for hydroxylation is 4. The number of aromatic nitrogens is 4. The Balaban J connectivity index is 0.000000303. The summed E-state index contributed by atoms with van der Waals surface area (Å²) in [5, 5.41) is 46.7. The Bertz CT molecular complexity index is 4710. The summed E-state index contributed by atoms with van der Waals surface area (Å²) >= 11 is 4.97. The third-order valence-corrected chi connectivity index (χ3v) is 23.0. The number of anilines is 2. The minimum Gasteiger partial charge on any atom is -0.391 e. The number of aliphatic hydroxyl groups excluding tert-OH is 2. The zero-order chi connectivity index (χ0) is 89.2. The molecule has 2 fully saturated rings. The molecule has 8 atom stereocenters. The number of carbonyl (C=O) groups excluding carboxylic acids is 7. The van der Waals surface area contributed by atoms with Crippen LogP contribution in [0.2, 0.25) is 0 Å². The molecule has 10 N–H and O–H groups in total. The molecule has 2 aliphatic rings. The number of ketones is 1. The minimum absolute atomic E-state index is 0.00835. The summed E-state index contributed by atoms with van der Waals surface area (Å²) in [6, 6.07) is 21.4. The number of carbonyl (C=O) groups is 7. The third kappa shape index (κ3) is 30.1. The number of nitrogens with one attached hydrogen (secondary N) is 6. The summed E-state index contributed by atoms with van der Waals surface area (Å²) in [4.78, 5) is 109. The second kappa shape index (κ2) is 50.9. The van der Waals surface area contributed by atoms with E-state index in [1.807, 2.05) is 113 Å². The second-order valence-electron chi connectivity index (χ2n) is 30.6. The predicted molar refractivity (Wildman–Crippen MR) is 467 cm³/mol. The normalized spacial score (nSPS) is 16.1. The van der Waals surface area contributed by atoms with Crippen LogP contribution in [0.25, 0.3) is 20.9 Å². The maximum atomic E-state index is 14.7. The van der Waals surface area contributed by atoms with E-state index in [2.05, 4.69) is 52.2 Å². The highest BCUT2D eigenvalue weighted by molar-refractivity contribution is 14.1. The van der Waals surface area contributed by atoms with Crippen LogP contribution in [0.4, 0.5) is 24.5 Å². The molecular formula is C87H113F3IN13O18S2. The van der Waals surface area contributed by atoms with Gasteiger partial charge < -0.3 is 99.9 Å². The van der Waals surface area contributed by atoms with Crippen LogP contribution in [0.15, 0.2) is 111 Å². The Labute approximate surface area is 741 Å². The van der Waals surface area contributed by atoms with Crippen molar-refractivity contribution in [1.29, 1.82) is 0 Å². The zero-order valence-electron chi connectivity index (χ0n) is 71.0. The number of Topliss-reactive ketones (excluding diaryl/α,β-unsaturated/α-hetero) is 1. The molecule has 0 radical (unpaired) electrons. The number of nitrogens with two attached hydrogens (primary N) is 1. The van der Waals surface area contributed by atoms with Gasteiger partial charge >= 0.3 is 0 Å². The fourth-order valence-electron chi connectivity index (χ4n) is 14.1. The van der Waals surface area contributed by atoms with Crippen LogP contribution in [0.3, 0.4) is 0 Å². The number of β-amino-alcohol motifs (C(OH)–C–C–N with tert-alkyl or cyclic N) is 2. The summed E-state index contributed by atoms with van der Waals surface area (Å²) in [7, 11) is 0. The average Bonchev–Trinajstić information content (AvgIpc) is 0.991. The van der Waals surface area contributed by atoms with Gasteiger partial charge in [0.05, 0.1) is 171 Å². The van der Waals surface area contributed by atoms with Crippen LogP contribution in [0.1, 0.15) is 139 Å². The lowest BCUT2D eigenvalue weighted by Crippen LogP contribution is -2.49. The highest BCUT2D eigenvalue weighted by Crippen LogP contribution is 2.37. The van der Waals surface area contributed by atoms with E-state index in [1.54, 1.807) is 43.1 Å². The number of ether oxygens (including phenoxy) is 7. The number of amides is 6. The zero-order valence-corrected chi connectivity index (χ0v) is 74.8. The Hall–Kier alpha value is -9.07. The van der Waals surface area contributed by atoms with Crippen LogP contribution in [0, 0.1) is 60.6 Å². The summed E-state index contributed by atoms with van der Waals surface area (Å²) in [6.45, 7) is 21.3. The first-order valence-corrected chi connectivity index (χ1v) is 44.2. The Morgan fingerprint density at radius 1 is 0.548 bits per heavy atom. The van der Waals surface area contributed by atoms with Gasteiger partial charge in [-0.05, 0) is 128 Å². The molecule has 0 unspecified atom stereocenters. The second-order valence-corrected chi connectivity index (χ2v) is 33.5. The number of thiazole rings is 2. The van der Waals surface area contributed by atoms with Crippen LogP contribution in [-0.2, 0) is 61.9 Å². The molecule has 10 rings (SSSR count). The van der Waals surface area contributed by atoms with Crippen molar-refractivity contribution in [2.24, 2.45) is 17.6 Å². The number of hydrogen-bond acceptors (Lipinski definition) is 27. The monoisotopic (exact) mass is 1880 g/mol. The Morgan fingerprint density at radius 3 is 1.40 bits per heavy atom. The Morgan fingerprint density at radius 2 is 0.992 bits per heavy atom. The molecule has 4 aromatic heterocycles. The van der Waals surface area contributed by atoms with Crippen LogP contribution in [-0.4, -0.2) is 244 Å². The predicted octanol–water partition coefficient (Wildman–Crippen LogP) is 9.66. The summed E-state index contributed by atoms with van der Waals surface area (Å²) < 4.78 is 93.2. The van der Waals surface area contributed by atoms with Crippen molar-refractivity contribution in [1.82, 2.24) is 56.7 Å². The van der Waals surface area contributed by atoms with E-state index >= 15 is 0 Å². The van der Waals surface area contributed by atoms with E-state index in [4.69, 9.17) is 47.9 Å². The number of rotatable bonds is 50. The first kappa shape index (κ1) is 98.7. The minimum atomic E-state index is -1.30. The van der Waals surface area contributed by atoms with Crippen LogP contribution in [0.5, 0.6) is 0 Å². The van der Waals surface area contributed by atoms with E-state index in [9.17, 15) is 56.9 Å². The standard InChI is InChI=1S/C52H63F3IN7O10S.C35H50N6O8S/c1-31(2)47(45-24-32(3)62-73-45)52(68)63-28-37(64)26-43(63)51(67)61-42(34-6-8-35(9-7-34)50-33(4)59-30-74-50)27-46(66)58-16-19-70-21-23-71-22-20-69-18-15-57-14-5-17-72-29-44(65)38-11-12-39(53)48(55)49(38)60-41-13-10-36(56)25-40(41)54;1-22(2)32(30-17-23(3)40-49-30)35(45)41-20-27(42)18-29(41)34(44)39-28(25-5-7-26(8-6-25)33-24(4)38-21-50-33)19-31(43)37-10-12-47-14-16-48-15-13-46-11-9-36/h6-13,24-25,30-31,37,42-43,47,57,60,64H,5,14-23,26-29H2,1-4H3,(H,58,66)(H,61,67);5-8,17,21-22,27-29,32,42H,9-16,18-20,36H2,1-4H3,(H,37,43)(H,39,44)/t37-,42+,43+,47-;27-,28+,29+,32-/m11/s1. The summed E-state index contributed by atoms with van der Waals surface area (Å²) in [6.07, 6.45) is -1.26. The maximum absolute atomic E-state index is 14.7. The number of likely N-dealkylation sites (tertiary alicyclic amines) is 2. The number of nitrogens with zero attached hydrogens (tertiary/aromatic N) is 6. The van der Waals surface area contributed by atoms with E-state index in [1.165, 1.54) is 44.6 Å². The largest absolute Gasteiger partial charge is 0.391 e. The van der Waals surface area contributed by atoms with Gasteiger partial charge in [0.2, 0.25) is 35.4 Å². The first-order chi connectivity index (χ1) is 59.7. The quantitative estimate of drug-likeness (QED) is 0.00972. The molecule has 4 aromatic carbocycles. The van der Waals surface area contributed by atoms with Crippen molar-refractivity contribution < 1.29 is 99.2 Å². The lowest BCUT2D eigenvalue weighted by atomic mass is 9.91.